The fraction of sp³-hybridized carbons (Fsp3) is 0.111. The predicted molar refractivity (Wildman–Crippen MR) is 88.0 cm³/mol. The minimum absolute atomic E-state index is 0.758. The van der Waals surface area contributed by atoms with Crippen molar-refractivity contribution in [3.8, 4) is 11.5 Å². The number of rotatable bonds is 4. The number of hydrogen-bond acceptors (Lipinski definition) is 4. The molecule has 4 nitrogen and oxygen atoms in total. The first-order valence-electron chi connectivity index (χ1n) is 6.92. The lowest BCUT2D eigenvalue weighted by Gasteiger charge is -2.09. The van der Waals surface area contributed by atoms with E-state index in [0.717, 1.165) is 33.7 Å². The van der Waals surface area contributed by atoms with Gasteiger partial charge in [-0.2, -0.15) is 0 Å². The van der Waals surface area contributed by atoms with Crippen LogP contribution in [0, 0.1) is 0 Å². The van der Waals surface area contributed by atoms with Gasteiger partial charge in [0.2, 0.25) is 0 Å². The zero-order valence-electron chi connectivity index (χ0n) is 12.5. The van der Waals surface area contributed by atoms with Gasteiger partial charge < -0.3 is 9.47 Å². The van der Waals surface area contributed by atoms with Gasteiger partial charge in [0.05, 0.1) is 31.0 Å². The smallest absolute Gasteiger partial charge is 0.129 e. The van der Waals surface area contributed by atoms with Gasteiger partial charge in [0, 0.05) is 5.39 Å². The highest BCUT2D eigenvalue weighted by molar-refractivity contribution is 5.89. The molecule has 0 radical (unpaired) electrons. The summed E-state index contributed by atoms with van der Waals surface area (Å²) in [7, 11) is 3.29. The largest absolute Gasteiger partial charge is 0.496 e. The second-order valence-corrected chi connectivity index (χ2v) is 4.69. The highest BCUT2D eigenvalue weighted by Crippen LogP contribution is 2.30. The number of methoxy groups -OCH3 is 2. The Kier molecular flexibility index (Phi) is 4.01. The van der Waals surface area contributed by atoms with E-state index < -0.39 is 0 Å². The molecule has 2 aromatic carbocycles. The van der Waals surface area contributed by atoms with Gasteiger partial charge in [-0.3, -0.25) is 0 Å². The van der Waals surface area contributed by atoms with E-state index in [0.29, 0.717) is 0 Å². The second kappa shape index (κ2) is 6.26. The molecule has 0 atom stereocenters. The number of aromatic nitrogens is 2. The van der Waals surface area contributed by atoms with Crippen LogP contribution in [0.4, 0.5) is 0 Å². The zero-order chi connectivity index (χ0) is 15.4. The molecule has 0 aliphatic carbocycles. The Morgan fingerprint density at radius 3 is 2.27 bits per heavy atom. The van der Waals surface area contributed by atoms with Crippen LogP contribution in [0.5, 0.6) is 11.5 Å². The quantitative estimate of drug-likeness (QED) is 0.733. The third-order valence-corrected chi connectivity index (χ3v) is 3.45. The summed E-state index contributed by atoms with van der Waals surface area (Å²) in [5.41, 5.74) is 2.66. The first-order valence-corrected chi connectivity index (χ1v) is 6.92. The van der Waals surface area contributed by atoms with Crippen LogP contribution in [0.1, 0.15) is 11.3 Å². The number of para-hydroxylation sites is 1. The van der Waals surface area contributed by atoms with Gasteiger partial charge in [-0.15, -0.1) is 0 Å². The highest BCUT2D eigenvalue weighted by atomic mass is 16.5. The van der Waals surface area contributed by atoms with Crippen LogP contribution in [0.3, 0.4) is 0 Å². The van der Waals surface area contributed by atoms with Crippen molar-refractivity contribution in [2.45, 2.75) is 0 Å². The van der Waals surface area contributed by atoms with Crippen molar-refractivity contribution in [1.82, 2.24) is 9.97 Å². The van der Waals surface area contributed by atoms with Gasteiger partial charge in [0.1, 0.15) is 17.8 Å². The Labute approximate surface area is 129 Å². The zero-order valence-corrected chi connectivity index (χ0v) is 12.5. The van der Waals surface area contributed by atoms with E-state index in [4.69, 9.17) is 9.47 Å². The maximum atomic E-state index is 5.40. The lowest BCUT2D eigenvalue weighted by atomic mass is 10.1. The maximum absolute atomic E-state index is 5.40. The van der Waals surface area contributed by atoms with Crippen molar-refractivity contribution >= 4 is 23.1 Å². The van der Waals surface area contributed by atoms with Gasteiger partial charge in [0.15, 0.2) is 0 Å². The molecular formula is C18H16N2O2. The molecule has 3 aromatic rings. The average Bonchev–Trinajstić information content (AvgIpc) is 2.59. The third-order valence-electron chi connectivity index (χ3n) is 3.45. The topological polar surface area (TPSA) is 44.2 Å². The molecule has 0 amide bonds. The standard InChI is InChI=1S/C18H16N2O2/c1-21-17-8-5-9-18(22-2)14(17)10-11-16-13-6-3-4-7-15(13)19-12-20-16/h3-12H,1-2H3/b11-10+. The molecule has 22 heavy (non-hydrogen) atoms. The summed E-state index contributed by atoms with van der Waals surface area (Å²) in [5.74, 6) is 1.52. The van der Waals surface area contributed by atoms with Crippen LogP contribution in [-0.2, 0) is 0 Å². The fourth-order valence-corrected chi connectivity index (χ4v) is 2.36. The Bertz CT molecular complexity index is 801. The van der Waals surface area contributed by atoms with Crippen molar-refractivity contribution in [1.29, 1.82) is 0 Å². The number of fused-ring (bicyclic) bond motifs is 1. The minimum atomic E-state index is 0.758. The molecule has 0 unspecified atom stereocenters. The van der Waals surface area contributed by atoms with E-state index in [1.54, 1.807) is 20.5 Å². The van der Waals surface area contributed by atoms with Crippen molar-refractivity contribution in [2.24, 2.45) is 0 Å². The Morgan fingerprint density at radius 1 is 0.818 bits per heavy atom. The molecule has 0 spiro atoms. The van der Waals surface area contributed by atoms with Gasteiger partial charge in [0.25, 0.3) is 0 Å². The van der Waals surface area contributed by atoms with Gasteiger partial charge in [-0.05, 0) is 30.4 Å². The van der Waals surface area contributed by atoms with Crippen molar-refractivity contribution < 1.29 is 9.47 Å². The third kappa shape index (κ3) is 2.63. The first kappa shape index (κ1) is 14.1. The normalized spacial score (nSPS) is 11.0. The lowest BCUT2D eigenvalue weighted by molar-refractivity contribution is 0.392. The molecule has 0 saturated heterocycles. The lowest BCUT2D eigenvalue weighted by Crippen LogP contribution is -1.92. The molecule has 3 rings (SSSR count). The van der Waals surface area contributed by atoms with Gasteiger partial charge in [-0.1, -0.05) is 24.3 Å². The van der Waals surface area contributed by atoms with Gasteiger partial charge in [-0.25, -0.2) is 9.97 Å². The monoisotopic (exact) mass is 292 g/mol. The van der Waals surface area contributed by atoms with Crippen molar-refractivity contribution in [2.75, 3.05) is 14.2 Å². The summed E-state index contributed by atoms with van der Waals surface area (Å²) in [5, 5.41) is 1.01. The Morgan fingerprint density at radius 2 is 1.55 bits per heavy atom. The van der Waals surface area contributed by atoms with E-state index in [9.17, 15) is 0 Å². The summed E-state index contributed by atoms with van der Waals surface area (Å²) < 4.78 is 10.8. The molecule has 0 aliphatic heterocycles. The number of hydrogen-bond donors (Lipinski definition) is 0. The Hall–Kier alpha value is -2.88. The van der Waals surface area contributed by atoms with Crippen molar-refractivity contribution in [3.05, 3.63) is 60.0 Å². The molecule has 0 fully saturated rings. The van der Waals surface area contributed by atoms with Crippen LogP contribution >= 0.6 is 0 Å². The Balaban J connectivity index is 2.07. The molecule has 110 valence electrons. The molecule has 0 N–H and O–H groups in total. The predicted octanol–water partition coefficient (Wildman–Crippen LogP) is 3.82. The number of benzene rings is 2. The molecule has 0 bridgehead atoms. The molecule has 0 aliphatic rings. The minimum Gasteiger partial charge on any atom is -0.496 e. The summed E-state index contributed by atoms with van der Waals surface area (Å²) in [6.07, 6.45) is 5.47. The average molecular weight is 292 g/mol. The summed E-state index contributed by atoms with van der Waals surface area (Å²) in [6, 6.07) is 13.6. The molecular weight excluding hydrogens is 276 g/mol. The van der Waals surface area contributed by atoms with E-state index in [-0.39, 0.29) is 0 Å². The summed E-state index contributed by atoms with van der Waals surface area (Å²) in [6.45, 7) is 0. The van der Waals surface area contributed by atoms with Crippen molar-refractivity contribution in [3.63, 3.8) is 0 Å². The van der Waals surface area contributed by atoms with Gasteiger partial charge >= 0.3 is 0 Å². The van der Waals surface area contributed by atoms with Crippen LogP contribution in [0.15, 0.2) is 48.8 Å². The van der Waals surface area contributed by atoms with Crippen LogP contribution in [-0.4, -0.2) is 24.2 Å². The number of ether oxygens (including phenoxy) is 2. The molecule has 1 aromatic heterocycles. The fourth-order valence-electron chi connectivity index (χ4n) is 2.36. The molecule has 4 heteroatoms. The van der Waals surface area contributed by atoms with E-state index in [1.807, 2.05) is 54.6 Å². The SMILES string of the molecule is COc1cccc(OC)c1/C=C/c1ncnc2ccccc12. The first-order chi connectivity index (χ1) is 10.8. The van der Waals surface area contributed by atoms with E-state index in [2.05, 4.69) is 9.97 Å². The summed E-state index contributed by atoms with van der Waals surface area (Å²) in [4.78, 5) is 8.62. The summed E-state index contributed by atoms with van der Waals surface area (Å²) >= 11 is 0. The van der Waals surface area contributed by atoms with E-state index >= 15 is 0 Å². The van der Waals surface area contributed by atoms with Crippen LogP contribution < -0.4 is 9.47 Å². The highest BCUT2D eigenvalue weighted by Gasteiger charge is 2.07. The van der Waals surface area contributed by atoms with E-state index in [1.165, 1.54) is 0 Å². The molecule has 0 saturated carbocycles. The van der Waals surface area contributed by atoms with Crippen LogP contribution in [0.25, 0.3) is 23.1 Å². The number of nitrogens with zero attached hydrogens (tertiary/aromatic N) is 2. The second-order valence-electron chi connectivity index (χ2n) is 4.69. The molecule has 1 heterocycles. The van der Waals surface area contributed by atoms with Crippen LogP contribution in [0.2, 0.25) is 0 Å². The maximum Gasteiger partial charge on any atom is 0.129 e.